The molecule has 1 N–H and O–H groups in total. The van der Waals surface area contributed by atoms with Gasteiger partial charge in [0.05, 0.1) is 6.04 Å². The molecule has 81 valence electrons. The Morgan fingerprint density at radius 2 is 2.13 bits per heavy atom. The highest BCUT2D eigenvalue weighted by molar-refractivity contribution is 5.86. The van der Waals surface area contributed by atoms with Gasteiger partial charge in [-0.3, -0.25) is 0 Å². The van der Waals surface area contributed by atoms with Crippen molar-refractivity contribution in [3.8, 4) is 0 Å². The number of aromatic carboxylic acids is 1. The molecule has 1 aliphatic rings. The summed E-state index contributed by atoms with van der Waals surface area (Å²) in [6.07, 6.45) is 6.25. The first kappa shape index (κ1) is 10.3. The van der Waals surface area contributed by atoms with Gasteiger partial charge in [0.2, 0.25) is 0 Å². The average Bonchev–Trinajstić information content (AvgIpc) is 2.67. The molecule has 0 amide bonds. The summed E-state index contributed by atoms with van der Waals surface area (Å²) in [5, 5.41) is 9.00. The van der Waals surface area contributed by atoms with Crippen LogP contribution in [0.1, 0.15) is 43.1 Å². The van der Waals surface area contributed by atoms with Gasteiger partial charge in [0, 0.05) is 6.20 Å². The third-order valence-corrected chi connectivity index (χ3v) is 3.16. The van der Waals surface area contributed by atoms with Gasteiger partial charge >= 0.3 is 5.97 Å². The number of carboxylic acid groups (broad SMARTS) is 1. The van der Waals surface area contributed by atoms with Crippen molar-refractivity contribution in [3.05, 3.63) is 30.1 Å². The van der Waals surface area contributed by atoms with Gasteiger partial charge < -0.3 is 9.67 Å². The van der Waals surface area contributed by atoms with Crippen LogP contribution in [0.2, 0.25) is 0 Å². The second-order valence-corrected chi connectivity index (χ2v) is 4.32. The Bertz CT molecular complexity index is 348. The summed E-state index contributed by atoms with van der Waals surface area (Å²) in [7, 11) is 0. The van der Waals surface area contributed by atoms with Crippen LogP contribution in [-0.2, 0) is 0 Å². The molecule has 0 unspecified atom stereocenters. The van der Waals surface area contributed by atoms with Gasteiger partial charge in [-0.05, 0) is 43.7 Å². The molecule has 3 heteroatoms. The van der Waals surface area contributed by atoms with Crippen molar-refractivity contribution in [2.45, 2.75) is 32.6 Å². The molecule has 2 rings (SSSR count). The highest BCUT2D eigenvalue weighted by atomic mass is 16.4. The molecular weight excluding hydrogens is 190 g/mol. The molecule has 0 bridgehead atoms. The van der Waals surface area contributed by atoms with E-state index < -0.39 is 5.97 Å². The second kappa shape index (κ2) is 4.09. The zero-order chi connectivity index (χ0) is 10.8. The zero-order valence-electron chi connectivity index (χ0n) is 8.94. The maximum atomic E-state index is 11.0. The third-order valence-electron chi connectivity index (χ3n) is 3.16. The highest BCUT2D eigenvalue weighted by Crippen LogP contribution is 2.31. The Morgan fingerprint density at radius 3 is 2.73 bits per heavy atom. The van der Waals surface area contributed by atoms with E-state index in [9.17, 15) is 4.79 Å². The number of hydrogen-bond donors (Lipinski definition) is 1. The van der Waals surface area contributed by atoms with Crippen LogP contribution in [0.5, 0.6) is 0 Å². The van der Waals surface area contributed by atoms with Crippen LogP contribution in [0.15, 0.2) is 18.3 Å². The van der Waals surface area contributed by atoms with E-state index in [1.54, 1.807) is 12.1 Å². The van der Waals surface area contributed by atoms with Gasteiger partial charge in [-0.25, -0.2) is 4.79 Å². The smallest absolute Gasteiger partial charge is 0.352 e. The average molecular weight is 206 g/mol. The summed E-state index contributed by atoms with van der Waals surface area (Å²) in [5.41, 5.74) is 0.388. The Labute approximate surface area is 89.7 Å². The Morgan fingerprint density at radius 1 is 1.47 bits per heavy atom. The lowest BCUT2D eigenvalue weighted by Gasteiger charge is -2.27. The minimum atomic E-state index is -0.842. The van der Waals surface area contributed by atoms with E-state index >= 15 is 0 Å². The van der Waals surface area contributed by atoms with Crippen molar-refractivity contribution in [3.63, 3.8) is 0 Å². The topological polar surface area (TPSA) is 42.2 Å². The van der Waals surface area contributed by atoms with Gasteiger partial charge in [-0.2, -0.15) is 0 Å². The van der Waals surface area contributed by atoms with E-state index in [0.29, 0.717) is 5.69 Å². The molecule has 0 saturated heterocycles. The third kappa shape index (κ3) is 2.06. The predicted molar refractivity (Wildman–Crippen MR) is 57.7 cm³/mol. The lowest BCUT2D eigenvalue weighted by Crippen LogP contribution is -2.20. The van der Waals surface area contributed by atoms with Crippen molar-refractivity contribution in [1.82, 2.24) is 4.57 Å². The number of carboxylic acids is 1. The van der Waals surface area contributed by atoms with Crippen molar-refractivity contribution in [2.24, 2.45) is 5.92 Å². The highest BCUT2D eigenvalue weighted by Gasteiger charge is 2.23. The molecule has 1 radical (unpaired) electrons. The fourth-order valence-corrected chi connectivity index (χ4v) is 2.17. The summed E-state index contributed by atoms with van der Waals surface area (Å²) in [6.45, 7) is 2.25. The SMILES string of the molecule is CC1CC[C](n2cccc2C(=O)O)CC1. The van der Waals surface area contributed by atoms with Crippen LogP contribution in [0.25, 0.3) is 0 Å². The van der Waals surface area contributed by atoms with Crippen LogP contribution in [-0.4, -0.2) is 15.6 Å². The van der Waals surface area contributed by atoms with Crippen molar-refractivity contribution in [2.75, 3.05) is 0 Å². The second-order valence-electron chi connectivity index (χ2n) is 4.32. The maximum absolute atomic E-state index is 11.0. The summed E-state index contributed by atoms with van der Waals surface area (Å²) in [6, 6.07) is 4.71. The van der Waals surface area contributed by atoms with E-state index in [0.717, 1.165) is 18.8 Å². The van der Waals surface area contributed by atoms with Gasteiger partial charge in [-0.15, -0.1) is 0 Å². The molecule has 1 heterocycles. The van der Waals surface area contributed by atoms with E-state index in [1.165, 1.54) is 18.9 Å². The van der Waals surface area contributed by atoms with Crippen LogP contribution >= 0.6 is 0 Å². The minimum Gasteiger partial charge on any atom is -0.477 e. The van der Waals surface area contributed by atoms with E-state index in [4.69, 9.17) is 5.11 Å². The van der Waals surface area contributed by atoms with Crippen LogP contribution in [0.3, 0.4) is 0 Å². The number of rotatable bonds is 2. The fourth-order valence-electron chi connectivity index (χ4n) is 2.17. The Kier molecular flexibility index (Phi) is 2.80. The standard InChI is InChI=1S/C12H16NO2/c1-9-4-6-10(7-5-9)13-8-2-3-11(13)12(14)15/h2-3,8-9H,4-7H2,1H3,(H,14,15). The maximum Gasteiger partial charge on any atom is 0.352 e. The molecule has 0 aromatic carbocycles. The molecule has 1 aromatic heterocycles. The van der Waals surface area contributed by atoms with E-state index in [-0.39, 0.29) is 0 Å². The molecule has 1 aliphatic carbocycles. The number of hydrogen-bond acceptors (Lipinski definition) is 1. The summed E-state index contributed by atoms with van der Waals surface area (Å²) in [5.74, 6) is -0.0660. The zero-order valence-corrected chi connectivity index (χ0v) is 8.94. The molecule has 1 fully saturated rings. The normalized spacial score (nSPS) is 19.3. The molecule has 1 aromatic rings. The van der Waals surface area contributed by atoms with Crippen molar-refractivity contribution in [1.29, 1.82) is 0 Å². The van der Waals surface area contributed by atoms with Crippen molar-refractivity contribution < 1.29 is 9.90 Å². The lowest BCUT2D eigenvalue weighted by molar-refractivity contribution is 0.0685. The molecule has 0 spiro atoms. The van der Waals surface area contributed by atoms with Crippen molar-refractivity contribution >= 4 is 5.97 Å². The largest absolute Gasteiger partial charge is 0.477 e. The fraction of sp³-hybridized carbons (Fsp3) is 0.500. The van der Waals surface area contributed by atoms with Crippen LogP contribution in [0, 0.1) is 12.0 Å². The minimum absolute atomic E-state index is 0.388. The van der Waals surface area contributed by atoms with Gasteiger partial charge in [0.1, 0.15) is 5.69 Å². The van der Waals surface area contributed by atoms with E-state index in [1.807, 2.05) is 10.8 Å². The van der Waals surface area contributed by atoms with E-state index in [2.05, 4.69) is 6.92 Å². The Hall–Kier alpha value is -1.25. The first-order valence-corrected chi connectivity index (χ1v) is 5.44. The first-order chi connectivity index (χ1) is 7.18. The number of carbonyl (C=O) groups is 1. The molecule has 0 aliphatic heterocycles. The van der Waals surface area contributed by atoms with Crippen LogP contribution < -0.4 is 0 Å². The number of nitrogens with zero attached hydrogens (tertiary/aromatic N) is 1. The predicted octanol–water partition coefficient (Wildman–Crippen LogP) is 2.78. The van der Waals surface area contributed by atoms with Crippen LogP contribution in [0.4, 0.5) is 0 Å². The molecule has 3 nitrogen and oxygen atoms in total. The molecular formula is C12H16NO2. The summed E-state index contributed by atoms with van der Waals surface area (Å²) >= 11 is 0. The molecule has 15 heavy (non-hydrogen) atoms. The monoisotopic (exact) mass is 206 g/mol. The molecule has 1 saturated carbocycles. The van der Waals surface area contributed by atoms with Gasteiger partial charge in [-0.1, -0.05) is 6.92 Å². The molecule has 0 atom stereocenters. The lowest BCUT2D eigenvalue weighted by atomic mass is 9.87. The summed E-state index contributed by atoms with van der Waals surface area (Å²) in [4.78, 5) is 11.0. The van der Waals surface area contributed by atoms with Gasteiger partial charge in [0.25, 0.3) is 0 Å². The van der Waals surface area contributed by atoms with Gasteiger partial charge in [0.15, 0.2) is 0 Å². The number of aromatic nitrogens is 1. The summed E-state index contributed by atoms with van der Waals surface area (Å²) < 4.78 is 1.84. The first-order valence-electron chi connectivity index (χ1n) is 5.44. The Balaban J connectivity index is 2.15. The quantitative estimate of drug-likeness (QED) is 0.808.